The van der Waals surface area contributed by atoms with E-state index in [0.717, 1.165) is 21.5 Å². The van der Waals surface area contributed by atoms with Crippen molar-refractivity contribution in [3.8, 4) is 5.75 Å². The van der Waals surface area contributed by atoms with Gasteiger partial charge < -0.3 is 9.84 Å². The average Bonchev–Trinajstić information content (AvgIpc) is 2.46. The first-order valence-corrected chi connectivity index (χ1v) is 7.45. The molecule has 4 nitrogen and oxygen atoms in total. The minimum absolute atomic E-state index is 0.483. The van der Waals surface area contributed by atoms with E-state index in [9.17, 15) is 9.90 Å². The highest BCUT2D eigenvalue weighted by molar-refractivity contribution is 8.00. The van der Waals surface area contributed by atoms with Crippen molar-refractivity contribution >= 4 is 28.5 Å². The summed E-state index contributed by atoms with van der Waals surface area (Å²) in [6.07, 6.45) is 2.23. The Balaban J connectivity index is 2.45. The fraction of sp³-hybridized carbons (Fsp3) is 0.333. The van der Waals surface area contributed by atoms with Crippen molar-refractivity contribution in [1.82, 2.24) is 4.98 Å². The van der Waals surface area contributed by atoms with E-state index in [4.69, 9.17) is 4.74 Å². The van der Waals surface area contributed by atoms with Crippen LogP contribution in [-0.4, -0.2) is 27.9 Å². The van der Waals surface area contributed by atoms with Crippen LogP contribution in [0.15, 0.2) is 35.5 Å². The lowest BCUT2D eigenvalue weighted by Crippen LogP contribution is -2.15. The first-order valence-electron chi connectivity index (χ1n) is 6.57. The lowest BCUT2D eigenvalue weighted by molar-refractivity contribution is -0.136. The SMILES string of the molecule is CCOc1cnc(S[C@H](CC)C(=O)O)c2ccccc12. The van der Waals surface area contributed by atoms with E-state index < -0.39 is 11.2 Å². The molecule has 1 aromatic heterocycles. The van der Waals surface area contributed by atoms with Gasteiger partial charge in [-0.05, 0) is 13.3 Å². The van der Waals surface area contributed by atoms with Crippen LogP contribution in [0.5, 0.6) is 5.75 Å². The summed E-state index contributed by atoms with van der Waals surface area (Å²) in [5.74, 6) is -0.0758. The highest BCUT2D eigenvalue weighted by Crippen LogP contribution is 2.34. The van der Waals surface area contributed by atoms with Gasteiger partial charge in [-0.15, -0.1) is 0 Å². The molecule has 1 atom stereocenters. The number of ether oxygens (including phenoxy) is 1. The Morgan fingerprint density at radius 2 is 2.05 bits per heavy atom. The molecule has 0 aliphatic heterocycles. The number of thioether (sulfide) groups is 1. The zero-order valence-electron chi connectivity index (χ0n) is 11.5. The van der Waals surface area contributed by atoms with E-state index in [2.05, 4.69) is 4.98 Å². The van der Waals surface area contributed by atoms with E-state index in [1.165, 1.54) is 11.8 Å². The smallest absolute Gasteiger partial charge is 0.317 e. The minimum atomic E-state index is -0.808. The van der Waals surface area contributed by atoms with Gasteiger partial charge >= 0.3 is 5.97 Å². The number of hydrogen-bond donors (Lipinski definition) is 1. The summed E-state index contributed by atoms with van der Waals surface area (Å²) in [6.45, 7) is 4.36. The molecule has 0 bridgehead atoms. The molecule has 0 amide bonds. The average molecular weight is 291 g/mol. The normalized spacial score (nSPS) is 12.3. The predicted molar refractivity (Wildman–Crippen MR) is 80.5 cm³/mol. The number of aliphatic carboxylic acids is 1. The number of carboxylic acid groups (broad SMARTS) is 1. The molecule has 5 heteroatoms. The second-order valence-electron chi connectivity index (χ2n) is 4.26. The zero-order valence-corrected chi connectivity index (χ0v) is 12.3. The highest BCUT2D eigenvalue weighted by Gasteiger charge is 2.19. The summed E-state index contributed by atoms with van der Waals surface area (Å²) in [5, 5.41) is 11.3. The lowest BCUT2D eigenvalue weighted by Gasteiger charge is -2.13. The van der Waals surface area contributed by atoms with Crippen molar-refractivity contribution in [2.24, 2.45) is 0 Å². The van der Waals surface area contributed by atoms with Gasteiger partial charge in [0, 0.05) is 10.8 Å². The number of fused-ring (bicyclic) bond motifs is 1. The third-order valence-electron chi connectivity index (χ3n) is 2.92. The number of aromatic nitrogens is 1. The molecule has 0 spiro atoms. The molecular weight excluding hydrogens is 274 g/mol. The molecule has 0 unspecified atom stereocenters. The first-order chi connectivity index (χ1) is 9.67. The van der Waals surface area contributed by atoms with Crippen molar-refractivity contribution in [1.29, 1.82) is 0 Å². The molecule has 106 valence electrons. The molecule has 1 heterocycles. The largest absolute Gasteiger partial charge is 0.492 e. The second kappa shape index (κ2) is 6.61. The van der Waals surface area contributed by atoms with Gasteiger partial charge in [0.1, 0.15) is 16.0 Å². The van der Waals surface area contributed by atoms with Crippen molar-refractivity contribution in [2.75, 3.05) is 6.61 Å². The number of carboxylic acids is 1. The van der Waals surface area contributed by atoms with Crippen LogP contribution in [0.4, 0.5) is 0 Å². The molecule has 0 aliphatic carbocycles. The molecule has 2 aromatic rings. The van der Waals surface area contributed by atoms with Crippen LogP contribution < -0.4 is 4.74 Å². The van der Waals surface area contributed by atoms with Gasteiger partial charge in [0.2, 0.25) is 0 Å². The number of pyridine rings is 1. The number of benzene rings is 1. The molecule has 0 saturated carbocycles. The van der Waals surface area contributed by atoms with Crippen molar-refractivity contribution in [3.63, 3.8) is 0 Å². The number of hydrogen-bond acceptors (Lipinski definition) is 4. The summed E-state index contributed by atoms with van der Waals surface area (Å²) in [5.41, 5.74) is 0. The van der Waals surface area contributed by atoms with E-state index in [-0.39, 0.29) is 0 Å². The third-order valence-corrected chi connectivity index (χ3v) is 4.29. The molecule has 0 aliphatic rings. The maximum absolute atomic E-state index is 11.2. The number of rotatable bonds is 6. The van der Waals surface area contributed by atoms with Crippen molar-refractivity contribution in [2.45, 2.75) is 30.5 Å². The van der Waals surface area contributed by atoms with E-state index >= 15 is 0 Å². The second-order valence-corrected chi connectivity index (χ2v) is 5.45. The molecule has 1 N–H and O–H groups in total. The zero-order chi connectivity index (χ0) is 14.5. The fourth-order valence-corrected chi connectivity index (χ4v) is 2.90. The Morgan fingerprint density at radius 3 is 2.65 bits per heavy atom. The van der Waals surface area contributed by atoms with Crippen LogP contribution in [0.25, 0.3) is 10.8 Å². The Kier molecular flexibility index (Phi) is 4.84. The molecule has 0 fully saturated rings. The Labute approximate surface area is 122 Å². The predicted octanol–water partition coefficient (Wildman–Crippen LogP) is 3.59. The van der Waals surface area contributed by atoms with Gasteiger partial charge in [0.15, 0.2) is 0 Å². The van der Waals surface area contributed by atoms with Crippen LogP contribution in [0.2, 0.25) is 0 Å². The van der Waals surface area contributed by atoms with Gasteiger partial charge in [0.25, 0.3) is 0 Å². The quantitative estimate of drug-likeness (QED) is 0.824. The van der Waals surface area contributed by atoms with E-state index in [1.807, 2.05) is 38.1 Å². The fourth-order valence-electron chi connectivity index (χ4n) is 1.95. The molecular formula is C15H17NO3S. The molecule has 2 rings (SSSR count). The van der Waals surface area contributed by atoms with Crippen molar-refractivity contribution < 1.29 is 14.6 Å². The standard InChI is InChI=1S/C15H17NO3S/c1-3-13(15(17)18)20-14-11-8-6-5-7-10(11)12(9-16-14)19-4-2/h5-9,13H,3-4H2,1-2H3,(H,17,18)/t13-/m1/s1. The van der Waals surface area contributed by atoms with Crippen molar-refractivity contribution in [3.05, 3.63) is 30.5 Å². The third kappa shape index (κ3) is 3.04. The maximum atomic E-state index is 11.2. The summed E-state index contributed by atoms with van der Waals surface area (Å²) in [6, 6.07) is 7.77. The first kappa shape index (κ1) is 14.7. The number of carbonyl (C=O) groups is 1. The summed E-state index contributed by atoms with van der Waals surface area (Å²) in [7, 11) is 0. The van der Waals surface area contributed by atoms with Crippen LogP contribution in [0.1, 0.15) is 20.3 Å². The van der Waals surface area contributed by atoms with Crippen LogP contribution in [-0.2, 0) is 4.79 Å². The van der Waals surface area contributed by atoms with Crippen LogP contribution in [0, 0.1) is 0 Å². The van der Waals surface area contributed by atoms with Gasteiger partial charge in [-0.2, -0.15) is 0 Å². The maximum Gasteiger partial charge on any atom is 0.317 e. The van der Waals surface area contributed by atoms with E-state index in [0.29, 0.717) is 13.0 Å². The van der Waals surface area contributed by atoms with E-state index in [1.54, 1.807) is 6.20 Å². The Hall–Kier alpha value is -1.75. The summed E-state index contributed by atoms with van der Waals surface area (Å²) in [4.78, 5) is 15.5. The topological polar surface area (TPSA) is 59.4 Å². The van der Waals surface area contributed by atoms with Gasteiger partial charge in [-0.25, -0.2) is 4.98 Å². The molecule has 20 heavy (non-hydrogen) atoms. The monoisotopic (exact) mass is 291 g/mol. The molecule has 0 saturated heterocycles. The number of nitrogens with zero attached hydrogens (tertiary/aromatic N) is 1. The minimum Gasteiger partial charge on any atom is -0.492 e. The van der Waals surface area contributed by atoms with Gasteiger partial charge in [-0.3, -0.25) is 4.79 Å². The van der Waals surface area contributed by atoms with Gasteiger partial charge in [0.05, 0.1) is 12.8 Å². The lowest BCUT2D eigenvalue weighted by atomic mass is 10.2. The van der Waals surface area contributed by atoms with Gasteiger partial charge in [-0.1, -0.05) is 43.0 Å². The molecule has 0 radical (unpaired) electrons. The highest BCUT2D eigenvalue weighted by atomic mass is 32.2. The summed E-state index contributed by atoms with van der Waals surface area (Å²) < 4.78 is 5.56. The summed E-state index contributed by atoms with van der Waals surface area (Å²) >= 11 is 1.29. The van der Waals surface area contributed by atoms with Crippen LogP contribution in [0.3, 0.4) is 0 Å². The molecule has 1 aromatic carbocycles. The Morgan fingerprint density at radius 1 is 1.35 bits per heavy atom. The Bertz CT molecular complexity index is 615. The van der Waals surface area contributed by atoms with Crippen LogP contribution >= 0.6 is 11.8 Å².